The van der Waals surface area contributed by atoms with Crippen LogP contribution >= 0.6 is 11.6 Å². The van der Waals surface area contributed by atoms with Crippen molar-refractivity contribution in [2.24, 2.45) is 5.73 Å². The van der Waals surface area contributed by atoms with E-state index < -0.39 is 5.92 Å². The van der Waals surface area contributed by atoms with Crippen molar-refractivity contribution in [2.45, 2.75) is 19.4 Å². The quantitative estimate of drug-likeness (QED) is 0.331. The van der Waals surface area contributed by atoms with E-state index in [-0.39, 0.29) is 5.88 Å². The number of nitriles is 1. The van der Waals surface area contributed by atoms with Crippen LogP contribution in [0.5, 0.6) is 17.2 Å². The number of allylic oxidation sites excluding steroid dienone is 1. The van der Waals surface area contributed by atoms with Gasteiger partial charge in [-0.15, -0.1) is 0 Å². The zero-order valence-corrected chi connectivity index (χ0v) is 19.9. The summed E-state index contributed by atoms with van der Waals surface area (Å²) in [4.78, 5) is 0. The summed E-state index contributed by atoms with van der Waals surface area (Å²) in [5.74, 6) is 1.56. The largest absolute Gasteiger partial charge is 0.490 e. The van der Waals surface area contributed by atoms with E-state index in [2.05, 4.69) is 6.07 Å². The number of ether oxygens (including phenoxy) is 3. The van der Waals surface area contributed by atoms with E-state index in [9.17, 15) is 5.26 Å². The highest BCUT2D eigenvalue weighted by molar-refractivity contribution is 6.31. The van der Waals surface area contributed by atoms with Crippen LogP contribution in [-0.4, -0.2) is 6.61 Å². The fraction of sp³-hybridized carbons (Fsp3) is 0.138. The number of hydrogen-bond acceptors (Lipinski definition) is 5. The molecule has 0 saturated heterocycles. The number of nitrogens with zero attached hydrogens (tertiary/aromatic N) is 1. The van der Waals surface area contributed by atoms with Gasteiger partial charge in [0.05, 0.1) is 12.5 Å². The standard InChI is InChI=1S/C29H23ClN2O3/c1-2-33-26-15-19(12-14-25(26)34-17-20-8-4-6-10-24(20)30)27-22-13-11-18-7-3-5-9-21(18)28(22)35-29(32)23(27)16-31/h3-15,27H,2,17,32H2,1H3/t27-/m1/s1. The van der Waals surface area contributed by atoms with Crippen LogP contribution in [-0.2, 0) is 6.61 Å². The summed E-state index contributed by atoms with van der Waals surface area (Å²) in [5.41, 5.74) is 9.22. The minimum absolute atomic E-state index is 0.110. The van der Waals surface area contributed by atoms with Gasteiger partial charge in [-0.05, 0) is 36.1 Å². The first-order valence-corrected chi connectivity index (χ1v) is 11.7. The van der Waals surface area contributed by atoms with Crippen molar-refractivity contribution >= 4 is 22.4 Å². The molecule has 0 spiro atoms. The molecule has 5 nitrogen and oxygen atoms in total. The van der Waals surface area contributed by atoms with E-state index in [1.165, 1.54) is 0 Å². The van der Waals surface area contributed by atoms with Crippen molar-refractivity contribution in [3.05, 3.63) is 112 Å². The first kappa shape index (κ1) is 22.6. The molecule has 4 aromatic rings. The Morgan fingerprint density at radius 2 is 1.77 bits per heavy atom. The maximum absolute atomic E-state index is 9.96. The van der Waals surface area contributed by atoms with Crippen LogP contribution in [0.2, 0.25) is 5.02 Å². The van der Waals surface area contributed by atoms with Gasteiger partial charge < -0.3 is 19.9 Å². The van der Waals surface area contributed by atoms with Crippen molar-refractivity contribution in [1.29, 1.82) is 5.26 Å². The number of benzene rings is 4. The van der Waals surface area contributed by atoms with Gasteiger partial charge in [0.2, 0.25) is 5.88 Å². The molecule has 35 heavy (non-hydrogen) atoms. The summed E-state index contributed by atoms with van der Waals surface area (Å²) < 4.78 is 18.0. The lowest BCUT2D eigenvalue weighted by Gasteiger charge is -2.28. The minimum Gasteiger partial charge on any atom is -0.490 e. The average Bonchev–Trinajstić information content (AvgIpc) is 2.88. The molecular formula is C29H23ClN2O3. The van der Waals surface area contributed by atoms with Gasteiger partial charge in [-0.25, -0.2) is 0 Å². The van der Waals surface area contributed by atoms with Crippen LogP contribution < -0.4 is 19.9 Å². The van der Waals surface area contributed by atoms with Crippen LogP contribution in [0.25, 0.3) is 10.8 Å². The third kappa shape index (κ3) is 4.25. The van der Waals surface area contributed by atoms with Gasteiger partial charge in [-0.1, -0.05) is 72.3 Å². The molecule has 0 fully saturated rings. The van der Waals surface area contributed by atoms with Gasteiger partial charge in [0.15, 0.2) is 11.5 Å². The highest BCUT2D eigenvalue weighted by atomic mass is 35.5. The molecule has 1 atom stereocenters. The smallest absolute Gasteiger partial charge is 0.205 e. The molecule has 1 aliphatic heterocycles. The fourth-order valence-electron chi connectivity index (χ4n) is 4.39. The highest BCUT2D eigenvalue weighted by Crippen LogP contribution is 2.46. The number of rotatable bonds is 6. The molecule has 1 aliphatic rings. The van der Waals surface area contributed by atoms with Crippen LogP contribution in [0.1, 0.15) is 29.5 Å². The van der Waals surface area contributed by atoms with Gasteiger partial charge in [0.1, 0.15) is 24.0 Å². The molecule has 0 bridgehead atoms. The first-order valence-electron chi connectivity index (χ1n) is 11.3. The van der Waals surface area contributed by atoms with E-state index in [4.69, 9.17) is 31.5 Å². The SMILES string of the molecule is CCOc1cc([C@H]2C(C#N)=C(N)Oc3c2ccc2ccccc32)ccc1OCc1ccccc1Cl. The molecule has 5 rings (SSSR count). The molecule has 0 amide bonds. The Balaban J connectivity index is 1.57. The molecular weight excluding hydrogens is 460 g/mol. The van der Waals surface area contributed by atoms with Crippen molar-refractivity contribution in [3.63, 3.8) is 0 Å². The lowest BCUT2D eigenvalue weighted by molar-refractivity contribution is 0.269. The van der Waals surface area contributed by atoms with Gasteiger partial charge in [-0.3, -0.25) is 0 Å². The Hall–Kier alpha value is -4.14. The normalized spacial score (nSPS) is 14.7. The Bertz CT molecular complexity index is 1490. The molecule has 0 aromatic heterocycles. The third-order valence-electron chi connectivity index (χ3n) is 6.05. The predicted molar refractivity (Wildman–Crippen MR) is 137 cm³/mol. The zero-order chi connectivity index (χ0) is 24.4. The van der Waals surface area contributed by atoms with Crippen LogP contribution in [0, 0.1) is 11.3 Å². The molecule has 4 aromatic carbocycles. The van der Waals surface area contributed by atoms with E-state index in [1.807, 2.05) is 85.8 Å². The maximum Gasteiger partial charge on any atom is 0.205 e. The Kier molecular flexibility index (Phi) is 6.22. The van der Waals surface area contributed by atoms with Gasteiger partial charge in [-0.2, -0.15) is 5.26 Å². The van der Waals surface area contributed by atoms with Crippen molar-refractivity contribution < 1.29 is 14.2 Å². The third-order valence-corrected chi connectivity index (χ3v) is 6.42. The Morgan fingerprint density at radius 1 is 0.971 bits per heavy atom. The van der Waals surface area contributed by atoms with E-state index in [0.29, 0.717) is 41.1 Å². The highest BCUT2D eigenvalue weighted by Gasteiger charge is 2.32. The minimum atomic E-state index is -0.398. The summed E-state index contributed by atoms with van der Waals surface area (Å²) in [7, 11) is 0. The summed E-state index contributed by atoms with van der Waals surface area (Å²) in [5, 5.41) is 12.6. The summed E-state index contributed by atoms with van der Waals surface area (Å²) >= 11 is 6.28. The topological polar surface area (TPSA) is 77.5 Å². The van der Waals surface area contributed by atoms with Gasteiger partial charge in [0.25, 0.3) is 0 Å². The van der Waals surface area contributed by atoms with Crippen LogP contribution in [0.4, 0.5) is 0 Å². The molecule has 6 heteroatoms. The van der Waals surface area contributed by atoms with E-state index in [0.717, 1.165) is 27.5 Å². The second-order valence-electron chi connectivity index (χ2n) is 8.15. The molecule has 0 unspecified atom stereocenters. The molecule has 2 N–H and O–H groups in total. The van der Waals surface area contributed by atoms with Crippen molar-refractivity contribution in [2.75, 3.05) is 6.61 Å². The second-order valence-corrected chi connectivity index (χ2v) is 8.56. The van der Waals surface area contributed by atoms with E-state index >= 15 is 0 Å². The second kappa shape index (κ2) is 9.61. The number of halogens is 1. The summed E-state index contributed by atoms with van der Waals surface area (Å²) in [6.07, 6.45) is 0. The molecule has 0 saturated carbocycles. The molecule has 174 valence electrons. The number of nitrogens with two attached hydrogens (primary N) is 1. The van der Waals surface area contributed by atoms with Crippen molar-refractivity contribution in [1.82, 2.24) is 0 Å². The van der Waals surface area contributed by atoms with Crippen LogP contribution in [0.15, 0.2) is 90.3 Å². The van der Waals surface area contributed by atoms with Crippen molar-refractivity contribution in [3.8, 4) is 23.3 Å². The lowest BCUT2D eigenvalue weighted by atomic mass is 9.82. The monoisotopic (exact) mass is 482 g/mol. The maximum atomic E-state index is 9.96. The van der Waals surface area contributed by atoms with Gasteiger partial charge >= 0.3 is 0 Å². The Morgan fingerprint density at radius 3 is 2.57 bits per heavy atom. The summed E-state index contributed by atoms with van der Waals surface area (Å²) in [6, 6.07) is 27.5. The van der Waals surface area contributed by atoms with Crippen LogP contribution in [0.3, 0.4) is 0 Å². The average molecular weight is 483 g/mol. The van der Waals surface area contributed by atoms with E-state index in [1.54, 1.807) is 0 Å². The van der Waals surface area contributed by atoms with Gasteiger partial charge in [0, 0.05) is 21.5 Å². The number of hydrogen-bond donors (Lipinski definition) is 1. The summed E-state index contributed by atoms with van der Waals surface area (Å²) in [6.45, 7) is 2.68. The fourth-order valence-corrected chi connectivity index (χ4v) is 4.58. The zero-order valence-electron chi connectivity index (χ0n) is 19.1. The molecule has 1 heterocycles. The lowest BCUT2D eigenvalue weighted by Crippen LogP contribution is -2.21. The first-order chi connectivity index (χ1) is 17.1. The predicted octanol–water partition coefficient (Wildman–Crippen LogP) is 6.69. The Labute approximate surface area is 208 Å². The molecule has 0 aliphatic carbocycles. The molecule has 0 radical (unpaired) electrons. The number of fused-ring (bicyclic) bond motifs is 3.